The van der Waals surface area contributed by atoms with Crippen LogP contribution in [-0.2, 0) is 12.8 Å². The number of nitrogens with one attached hydrogen (secondary N) is 1. The van der Waals surface area contributed by atoms with Crippen molar-refractivity contribution < 1.29 is 0 Å². The van der Waals surface area contributed by atoms with Crippen molar-refractivity contribution in [3.63, 3.8) is 0 Å². The zero-order valence-electron chi connectivity index (χ0n) is 10.8. The Hall–Kier alpha value is -1.00. The number of fused-ring (bicyclic) bond motifs is 1. The first-order valence-corrected chi connectivity index (χ1v) is 7.74. The molecule has 3 rings (SSSR count). The Balaban J connectivity index is 2.15. The quantitative estimate of drug-likeness (QED) is 0.762. The molecule has 4 heteroatoms. The van der Waals surface area contributed by atoms with Gasteiger partial charge in [0.15, 0.2) is 0 Å². The SMILES string of the molecule is Cc1ccc(-c2nc(=S)c3c([nH]2)CCCC3)c(Br)c1. The minimum Gasteiger partial charge on any atom is -0.343 e. The Kier molecular flexibility index (Phi) is 3.54. The second-order valence-corrected chi connectivity index (χ2v) is 6.28. The third-order valence-electron chi connectivity index (χ3n) is 3.59. The average molecular weight is 335 g/mol. The van der Waals surface area contributed by atoms with E-state index in [1.807, 2.05) is 0 Å². The highest BCUT2D eigenvalue weighted by atomic mass is 79.9. The lowest BCUT2D eigenvalue weighted by Crippen LogP contribution is -2.08. The highest BCUT2D eigenvalue weighted by Gasteiger charge is 2.15. The minimum absolute atomic E-state index is 0.760. The van der Waals surface area contributed by atoms with Crippen LogP contribution in [0, 0.1) is 11.6 Å². The Morgan fingerprint density at radius 3 is 2.84 bits per heavy atom. The van der Waals surface area contributed by atoms with Gasteiger partial charge in [-0.25, -0.2) is 4.98 Å². The molecule has 1 aliphatic rings. The number of hydrogen-bond acceptors (Lipinski definition) is 2. The monoisotopic (exact) mass is 334 g/mol. The summed E-state index contributed by atoms with van der Waals surface area (Å²) < 4.78 is 1.82. The van der Waals surface area contributed by atoms with Gasteiger partial charge < -0.3 is 4.98 Å². The van der Waals surface area contributed by atoms with Crippen molar-refractivity contribution in [1.29, 1.82) is 0 Å². The van der Waals surface area contributed by atoms with Gasteiger partial charge in [-0.15, -0.1) is 0 Å². The molecule has 0 bridgehead atoms. The van der Waals surface area contributed by atoms with Crippen LogP contribution in [0.4, 0.5) is 0 Å². The van der Waals surface area contributed by atoms with Crippen LogP contribution in [0.3, 0.4) is 0 Å². The number of halogens is 1. The van der Waals surface area contributed by atoms with Crippen molar-refractivity contribution in [2.24, 2.45) is 0 Å². The van der Waals surface area contributed by atoms with E-state index in [1.54, 1.807) is 0 Å². The van der Waals surface area contributed by atoms with Crippen LogP contribution in [0.1, 0.15) is 29.7 Å². The maximum Gasteiger partial charge on any atom is 0.140 e. The van der Waals surface area contributed by atoms with Gasteiger partial charge in [0.25, 0.3) is 0 Å². The zero-order valence-corrected chi connectivity index (χ0v) is 13.2. The van der Waals surface area contributed by atoms with Crippen LogP contribution in [-0.4, -0.2) is 9.97 Å². The summed E-state index contributed by atoms with van der Waals surface area (Å²) in [6.45, 7) is 2.08. The lowest BCUT2D eigenvalue weighted by molar-refractivity contribution is 0.661. The summed E-state index contributed by atoms with van der Waals surface area (Å²) in [6, 6.07) is 6.29. The average Bonchev–Trinajstić information content (AvgIpc) is 2.38. The number of aromatic amines is 1. The molecule has 0 atom stereocenters. The second kappa shape index (κ2) is 5.17. The highest BCUT2D eigenvalue weighted by molar-refractivity contribution is 9.10. The van der Waals surface area contributed by atoms with Crippen LogP contribution in [0.25, 0.3) is 11.4 Å². The van der Waals surface area contributed by atoms with Gasteiger partial charge >= 0.3 is 0 Å². The molecule has 19 heavy (non-hydrogen) atoms. The number of aryl methyl sites for hydroxylation is 2. The molecule has 0 aliphatic heterocycles. The molecule has 0 saturated heterocycles. The summed E-state index contributed by atoms with van der Waals surface area (Å²) in [5.41, 5.74) is 4.82. The maximum atomic E-state index is 5.45. The molecule has 0 amide bonds. The molecule has 1 aliphatic carbocycles. The van der Waals surface area contributed by atoms with E-state index in [2.05, 4.69) is 51.0 Å². The first-order valence-electron chi connectivity index (χ1n) is 6.54. The number of H-pyrrole nitrogens is 1. The Morgan fingerprint density at radius 2 is 2.05 bits per heavy atom. The van der Waals surface area contributed by atoms with E-state index < -0.39 is 0 Å². The van der Waals surface area contributed by atoms with E-state index in [0.29, 0.717) is 0 Å². The number of benzene rings is 1. The first kappa shape index (κ1) is 13.0. The fourth-order valence-corrected chi connectivity index (χ4v) is 3.56. The summed E-state index contributed by atoms with van der Waals surface area (Å²) in [7, 11) is 0. The molecule has 98 valence electrons. The lowest BCUT2D eigenvalue weighted by atomic mass is 9.97. The molecule has 1 heterocycles. The molecule has 1 aromatic carbocycles. The van der Waals surface area contributed by atoms with E-state index in [-0.39, 0.29) is 0 Å². The molecule has 1 aromatic heterocycles. The van der Waals surface area contributed by atoms with Gasteiger partial charge in [0.1, 0.15) is 10.5 Å². The van der Waals surface area contributed by atoms with Gasteiger partial charge in [-0.2, -0.15) is 0 Å². The number of rotatable bonds is 1. The molecule has 1 N–H and O–H groups in total. The van der Waals surface area contributed by atoms with Gasteiger partial charge in [0.2, 0.25) is 0 Å². The van der Waals surface area contributed by atoms with E-state index >= 15 is 0 Å². The van der Waals surface area contributed by atoms with Crippen LogP contribution < -0.4 is 0 Å². The zero-order chi connectivity index (χ0) is 13.4. The first-order chi connectivity index (χ1) is 9.15. The van der Waals surface area contributed by atoms with Crippen molar-refractivity contribution in [2.45, 2.75) is 32.6 Å². The van der Waals surface area contributed by atoms with Crippen molar-refractivity contribution in [1.82, 2.24) is 9.97 Å². The Morgan fingerprint density at radius 1 is 1.26 bits per heavy atom. The van der Waals surface area contributed by atoms with Crippen LogP contribution >= 0.6 is 28.1 Å². The molecule has 2 nitrogen and oxygen atoms in total. The van der Waals surface area contributed by atoms with E-state index in [9.17, 15) is 0 Å². The van der Waals surface area contributed by atoms with Crippen molar-refractivity contribution in [2.75, 3.05) is 0 Å². The van der Waals surface area contributed by atoms with Gasteiger partial charge in [-0.05, 0) is 50.3 Å². The van der Waals surface area contributed by atoms with Crippen molar-refractivity contribution in [3.8, 4) is 11.4 Å². The fraction of sp³-hybridized carbons (Fsp3) is 0.333. The fourth-order valence-electron chi connectivity index (χ4n) is 2.56. The van der Waals surface area contributed by atoms with Crippen LogP contribution in [0.5, 0.6) is 0 Å². The minimum atomic E-state index is 0.760. The standard InChI is InChI=1S/C15H15BrN2S/c1-9-6-7-10(12(16)8-9)14-17-13-5-3-2-4-11(13)15(19)18-14/h6-8H,2-5H2,1H3,(H,17,18,19). The summed E-state index contributed by atoms with van der Waals surface area (Å²) in [5, 5.41) is 0. The smallest absolute Gasteiger partial charge is 0.140 e. The summed E-state index contributed by atoms with van der Waals surface area (Å²) in [5.74, 6) is 0.873. The third kappa shape index (κ3) is 2.51. The van der Waals surface area contributed by atoms with Gasteiger partial charge in [-0.1, -0.05) is 34.2 Å². The number of hydrogen-bond donors (Lipinski definition) is 1. The van der Waals surface area contributed by atoms with E-state index in [4.69, 9.17) is 12.2 Å². The van der Waals surface area contributed by atoms with Crippen molar-refractivity contribution in [3.05, 3.63) is 44.1 Å². The summed E-state index contributed by atoms with van der Waals surface area (Å²) in [4.78, 5) is 8.05. The topological polar surface area (TPSA) is 28.7 Å². The normalized spacial score (nSPS) is 14.2. The lowest BCUT2D eigenvalue weighted by Gasteiger charge is -2.17. The highest BCUT2D eigenvalue weighted by Crippen LogP contribution is 2.29. The predicted molar refractivity (Wildman–Crippen MR) is 83.9 cm³/mol. The molecule has 0 spiro atoms. The molecular weight excluding hydrogens is 320 g/mol. The molecule has 0 saturated carbocycles. The van der Waals surface area contributed by atoms with Gasteiger partial charge in [0, 0.05) is 21.3 Å². The van der Waals surface area contributed by atoms with Crippen LogP contribution in [0.15, 0.2) is 22.7 Å². The number of nitrogens with zero attached hydrogens (tertiary/aromatic N) is 1. The van der Waals surface area contributed by atoms with Crippen LogP contribution in [0.2, 0.25) is 0 Å². The van der Waals surface area contributed by atoms with Gasteiger partial charge in [-0.3, -0.25) is 0 Å². The molecule has 2 aromatic rings. The summed E-state index contributed by atoms with van der Waals surface area (Å²) >= 11 is 9.06. The molecule has 0 fully saturated rings. The third-order valence-corrected chi connectivity index (χ3v) is 4.58. The molecule has 0 unspecified atom stereocenters. The summed E-state index contributed by atoms with van der Waals surface area (Å²) in [6.07, 6.45) is 4.60. The molecule has 0 radical (unpaired) electrons. The Labute approximate surface area is 126 Å². The van der Waals surface area contributed by atoms with E-state index in [0.717, 1.165) is 33.3 Å². The predicted octanol–water partition coefficient (Wildman–Crippen LogP) is 4.76. The maximum absolute atomic E-state index is 5.45. The van der Waals surface area contributed by atoms with E-state index in [1.165, 1.54) is 29.7 Å². The second-order valence-electron chi connectivity index (χ2n) is 5.04. The largest absolute Gasteiger partial charge is 0.343 e. The Bertz CT molecular complexity index is 691. The number of aromatic nitrogens is 2. The van der Waals surface area contributed by atoms with Gasteiger partial charge in [0.05, 0.1) is 0 Å². The van der Waals surface area contributed by atoms with Crippen molar-refractivity contribution >= 4 is 28.1 Å². The molecular formula is C15H15BrN2S.